The lowest BCUT2D eigenvalue weighted by molar-refractivity contribution is -0.137. The summed E-state index contributed by atoms with van der Waals surface area (Å²) in [7, 11) is 0. The van der Waals surface area contributed by atoms with Crippen LogP contribution in [-0.4, -0.2) is 41.7 Å². The molecule has 0 unspecified atom stereocenters. The zero-order chi connectivity index (χ0) is 16.2. The molecule has 0 aliphatic carbocycles. The lowest BCUT2D eigenvalue weighted by Gasteiger charge is -2.19. The third-order valence-corrected chi connectivity index (χ3v) is 4.17. The first kappa shape index (κ1) is 15.3. The smallest absolute Gasteiger partial charge is 0.322 e. The molecule has 3 rings (SSSR count). The molecule has 0 atom stereocenters. The normalized spacial score (nSPS) is 12.7. The van der Waals surface area contributed by atoms with E-state index in [0.29, 0.717) is 12.3 Å². The number of carbonyl (C=O) groups is 2. The average Bonchev–Trinajstić information content (AvgIpc) is 3.01. The molecule has 1 aliphatic rings. The number of amides is 1. The van der Waals surface area contributed by atoms with Crippen molar-refractivity contribution in [1.82, 2.24) is 10.3 Å². The molecule has 1 amide bonds. The first-order valence-electron chi connectivity index (χ1n) is 7.06. The van der Waals surface area contributed by atoms with Crippen LogP contribution in [0.2, 0.25) is 0 Å². The van der Waals surface area contributed by atoms with Gasteiger partial charge in [-0.25, -0.2) is 4.98 Å². The SMILES string of the molecule is O=C(O)CNC(=O)Cc1csc(-c2ccc3c(c2)NCCO3)n1. The molecule has 2 aromatic rings. The van der Waals surface area contributed by atoms with Crippen molar-refractivity contribution < 1.29 is 19.4 Å². The number of aliphatic carboxylic acids is 1. The number of carboxylic acid groups (broad SMARTS) is 1. The summed E-state index contributed by atoms with van der Waals surface area (Å²) in [4.78, 5) is 26.5. The van der Waals surface area contributed by atoms with Crippen molar-refractivity contribution in [3.63, 3.8) is 0 Å². The van der Waals surface area contributed by atoms with E-state index >= 15 is 0 Å². The summed E-state index contributed by atoms with van der Waals surface area (Å²) < 4.78 is 5.54. The van der Waals surface area contributed by atoms with Crippen LogP contribution in [0.4, 0.5) is 5.69 Å². The highest BCUT2D eigenvalue weighted by molar-refractivity contribution is 7.13. The predicted octanol–water partition coefficient (Wildman–Crippen LogP) is 1.36. The number of carboxylic acids is 1. The minimum Gasteiger partial charge on any atom is -0.490 e. The monoisotopic (exact) mass is 333 g/mol. The second kappa shape index (κ2) is 6.66. The molecule has 0 bridgehead atoms. The second-order valence-electron chi connectivity index (χ2n) is 4.98. The van der Waals surface area contributed by atoms with Crippen molar-refractivity contribution in [3.8, 4) is 16.3 Å². The number of rotatable bonds is 5. The van der Waals surface area contributed by atoms with E-state index in [4.69, 9.17) is 9.84 Å². The van der Waals surface area contributed by atoms with E-state index in [0.717, 1.165) is 28.6 Å². The Hall–Kier alpha value is -2.61. The summed E-state index contributed by atoms with van der Waals surface area (Å²) in [5.74, 6) is -0.601. The minimum atomic E-state index is -1.07. The van der Waals surface area contributed by atoms with Crippen LogP contribution in [0, 0.1) is 0 Å². The first-order chi connectivity index (χ1) is 11.1. The predicted molar refractivity (Wildman–Crippen MR) is 85.9 cm³/mol. The largest absolute Gasteiger partial charge is 0.490 e. The lowest BCUT2D eigenvalue weighted by Crippen LogP contribution is -2.30. The van der Waals surface area contributed by atoms with Crippen molar-refractivity contribution in [2.75, 3.05) is 25.0 Å². The summed E-state index contributed by atoms with van der Waals surface area (Å²) >= 11 is 1.44. The van der Waals surface area contributed by atoms with Crippen molar-refractivity contribution in [2.45, 2.75) is 6.42 Å². The van der Waals surface area contributed by atoms with Crippen molar-refractivity contribution >= 4 is 28.9 Å². The van der Waals surface area contributed by atoms with Gasteiger partial charge in [0.1, 0.15) is 23.9 Å². The fourth-order valence-electron chi connectivity index (χ4n) is 2.20. The van der Waals surface area contributed by atoms with Gasteiger partial charge in [0.15, 0.2) is 0 Å². The summed E-state index contributed by atoms with van der Waals surface area (Å²) in [6.07, 6.45) is 0.0656. The van der Waals surface area contributed by atoms with Crippen molar-refractivity contribution in [3.05, 3.63) is 29.3 Å². The van der Waals surface area contributed by atoms with E-state index in [1.165, 1.54) is 11.3 Å². The number of nitrogens with zero attached hydrogens (tertiary/aromatic N) is 1. The van der Waals surface area contributed by atoms with Crippen LogP contribution in [-0.2, 0) is 16.0 Å². The molecule has 120 valence electrons. The average molecular weight is 333 g/mol. The minimum absolute atomic E-state index is 0.0656. The Morgan fingerprint density at radius 2 is 2.30 bits per heavy atom. The Bertz CT molecular complexity index is 744. The summed E-state index contributed by atoms with van der Waals surface area (Å²) in [5.41, 5.74) is 2.50. The van der Waals surface area contributed by atoms with E-state index < -0.39 is 5.97 Å². The number of anilines is 1. The van der Waals surface area contributed by atoms with Crippen molar-refractivity contribution in [2.24, 2.45) is 0 Å². The molecule has 8 heteroatoms. The van der Waals surface area contributed by atoms with E-state index in [-0.39, 0.29) is 18.9 Å². The topological polar surface area (TPSA) is 101 Å². The van der Waals surface area contributed by atoms with Crippen LogP contribution < -0.4 is 15.4 Å². The maximum atomic E-state index is 11.6. The number of hydrogen-bond acceptors (Lipinski definition) is 6. The summed E-state index contributed by atoms with van der Waals surface area (Å²) in [6.45, 7) is 1.04. The summed E-state index contributed by atoms with van der Waals surface area (Å²) in [5, 5.41) is 16.7. The van der Waals surface area contributed by atoms with Gasteiger partial charge in [0.2, 0.25) is 5.91 Å². The Kier molecular flexibility index (Phi) is 4.42. The molecular formula is C15H15N3O4S. The lowest BCUT2D eigenvalue weighted by atomic mass is 10.2. The van der Waals surface area contributed by atoms with Gasteiger partial charge in [-0.1, -0.05) is 0 Å². The molecule has 23 heavy (non-hydrogen) atoms. The highest BCUT2D eigenvalue weighted by Gasteiger charge is 2.13. The third-order valence-electron chi connectivity index (χ3n) is 3.23. The van der Waals surface area contributed by atoms with Crippen LogP contribution in [0.15, 0.2) is 23.6 Å². The fourth-order valence-corrected chi connectivity index (χ4v) is 3.01. The molecule has 1 aromatic heterocycles. The van der Waals surface area contributed by atoms with Gasteiger partial charge in [0.05, 0.1) is 17.8 Å². The standard InChI is InChI=1S/C15H15N3O4S/c19-13(17-7-14(20)21)6-10-8-23-15(18-10)9-1-2-12-11(5-9)16-3-4-22-12/h1-2,5,8,16H,3-4,6-7H2,(H,17,19)(H,20,21). The molecule has 1 aliphatic heterocycles. The Morgan fingerprint density at radius 1 is 1.43 bits per heavy atom. The number of hydrogen-bond donors (Lipinski definition) is 3. The molecule has 0 saturated carbocycles. The quantitative estimate of drug-likeness (QED) is 0.764. The molecular weight excluding hydrogens is 318 g/mol. The van der Waals surface area contributed by atoms with Crippen LogP contribution in [0.1, 0.15) is 5.69 Å². The molecule has 3 N–H and O–H groups in total. The highest BCUT2D eigenvalue weighted by atomic mass is 32.1. The number of ether oxygens (including phenoxy) is 1. The number of nitrogens with one attached hydrogen (secondary N) is 2. The van der Waals surface area contributed by atoms with Gasteiger partial charge in [-0.05, 0) is 18.2 Å². The summed E-state index contributed by atoms with van der Waals surface area (Å²) in [6, 6.07) is 5.80. The van der Waals surface area contributed by atoms with E-state index in [1.807, 2.05) is 18.2 Å². The molecule has 2 heterocycles. The zero-order valence-electron chi connectivity index (χ0n) is 12.2. The molecule has 0 saturated heterocycles. The fraction of sp³-hybridized carbons (Fsp3) is 0.267. The maximum Gasteiger partial charge on any atom is 0.322 e. The van der Waals surface area contributed by atoms with E-state index in [9.17, 15) is 9.59 Å². The zero-order valence-corrected chi connectivity index (χ0v) is 13.0. The van der Waals surface area contributed by atoms with Gasteiger partial charge in [-0.15, -0.1) is 11.3 Å². The number of aromatic nitrogens is 1. The first-order valence-corrected chi connectivity index (χ1v) is 7.94. The number of benzene rings is 1. The van der Waals surface area contributed by atoms with Gasteiger partial charge < -0.3 is 20.5 Å². The number of carbonyl (C=O) groups excluding carboxylic acids is 1. The number of fused-ring (bicyclic) bond motifs is 1. The van der Waals surface area contributed by atoms with Gasteiger partial charge >= 0.3 is 5.97 Å². The molecule has 0 spiro atoms. The van der Waals surface area contributed by atoms with Gasteiger partial charge in [0.25, 0.3) is 0 Å². The van der Waals surface area contributed by atoms with Gasteiger partial charge in [-0.3, -0.25) is 9.59 Å². The van der Waals surface area contributed by atoms with Crippen LogP contribution in [0.25, 0.3) is 10.6 Å². The van der Waals surface area contributed by atoms with E-state index in [1.54, 1.807) is 5.38 Å². The second-order valence-corrected chi connectivity index (χ2v) is 5.84. The highest BCUT2D eigenvalue weighted by Crippen LogP contribution is 2.33. The van der Waals surface area contributed by atoms with Crippen molar-refractivity contribution in [1.29, 1.82) is 0 Å². The molecule has 0 fully saturated rings. The number of thiazole rings is 1. The van der Waals surface area contributed by atoms with Gasteiger partial charge in [0, 0.05) is 17.5 Å². The van der Waals surface area contributed by atoms with Crippen LogP contribution in [0.3, 0.4) is 0 Å². The van der Waals surface area contributed by atoms with Gasteiger partial charge in [-0.2, -0.15) is 0 Å². The maximum absolute atomic E-state index is 11.6. The molecule has 7 nitrogen and oxygen atoms in total. The van der Waals surface area contributed by atoms with E-state index in [2.05, 4.69) is 15.6 Å². The Labute approximate surface area is 136 Å². The van der Waals surface area contributed by atoms with Crippen LogP contribution >= 0.6 is 11.3 Å². The third kappa shape index (κ3) is 3.78. The molecule has 0 radical (unpaired) electrons. The van der Waals surface area contributed by atoms with Crippen LogP contribution in [0.5, 0.6) is 5.75 Å². The Morgan fingerprint density at radius 3 is 3.13 bits per heavy atom. The molecule has 1 aromatic carbocycles. The Balaban J connectivity index is 1.69.